The monoisotopic (exact) mass is 471 g/mol. The fourth-order valence-electron chi connectivity index (χ4n) is 4.61. The minimum atomic E-state index is -1.01. The normalized spacial score (nSPS) is 16.0. The Bertz CT molecular complexity index is 959. The van der Waals surface area contributed by atoms with Gasteiger partial charge in [-0.05, 0) is 36.5 Å². The zero-order valence-electron chi connectivity index (χ0n) is 20.7. The maximum Gasteiger partial charge on any atom is 0.326 e. The first-order valence-corrected chi connectivity index (χ1v) is 12.2. The van der Waals surface area contributed by atoms with E-state index in [0.717, 1.165) is 32.1 Å². The Kier molecular flexibility index (Phi) is 8.96. The van der Waals surface area contributed by atoms with Crippen LogP contribution in [0.4, 0.5) is 0 Å². The molecule has 0 bridgehead atoms. The lowest BCUT2D eigenvalue weighted by atomic mass is 9.85. The molecule has 2 N–H and O–H groups in total. The maximum absolute atomic E-state index is 13.1. The zero-order chi connectivity index (χ0) is 24.7. The summed E-state index contributed by atoms with van der Waals surface area (Å²) < 4.78 is 13.0. The molecule has 2 atom stereocenters. The van der Waals surface area contributed by atoms with E-state index in [1.807, 2.05) is 18.2 Å². The summed E-state index contributed by atoms with van der Waals surface area (Å²) in [5.41, 5.74) is 1.58. The van der Waals surface area contributed by atoms with Gasteiger partial charge >= 0.3 is 5.97 Å². The lowest BCUT2D eigenvalue weighted by Crippen LogP contribution is -2.42. The first-order chi connectivity index (χ1) is 16.4. The zero-order valence-corrected chi connectivity index (χ0v) is 20.7. The van der Waals surface area contributed by atoms with Crippen LogP contribution in [0.2, 0.25) is 0 Å². The third-order valence-electron chi connectivity index (χ3n) is 6.78. The average Bonchev–Trinajstić information content (AvgIpc) is 3.26. The highest BCUT2D eigenvalue weighted by Crippen LogP contribution is 2.39. The van der Waals surface area contributed by atoms with Crippen LogP contribution >= 0.6 is 0 Å². The van der Waals surface area contributed by atoms with E-state index in [0.29, 0.717) is 47.6 Å². The molecule has 1 aliphatic rings. The van der Waals surface area contributed by atoms with Crippen LogP contribution in [0.25, 0.3) is 11.3 Å². The Hall–Kier alpha value is -3.03. The molecule has 34 heavy (non-hydrogen) atoms. The van der Waals surface area contributed by atoms with E-state index in [4.69, 9.17) is 9.47 Å². The van der Waals surface area contributed by atoms with E-state index < -0.39 is 17.9 Å². The molecule has 0 radical (unpaired) electrons. The molecule has 8 heteroatoms. The highest BCUT2D eigenvalue weighted by Gasteiger charge is 2.28. The van der Waals surface area contributed by atoms with Crippen molar-refractivity contribution in [2.45, 2.75) is 71.4 Å². The Morgan fingerprint density at radius 2 is 1.82 bits per heavy atom. The SMILES string of the molecule is CCC(C)Cn1nc(C(=O)N[C@@H](CC2CCCCC2)C(=O)O)cc1-c1c(OC)cccc1OC. The van der Waals surface area contributed by atoms with Gasteiger partial charge in [-0.1, -0.05) is 58.4 Å². The van der Waals surface area contributed by atoms with E-state index in [2.05, 4.69) is 24.3 Å². The van der Waals surface area contributed by atoms with Gasteiger partial charge < -0.3 is 19.9 Å². The molecule has 1 aliphatic carbocycles. The fourth-order valence-corrected chi connectivity index (χ4v) is 4.61. The minimum absolute atomic E-state index is 0.182. The summed E-state index contributed by atoms with van der Waals surface area (Å²) in [6, 6.07) is 6.27. The van der Waals surface area contributed by atoms with Crippen molar-refractivity contribution in [3.63, 3.8) is 0 Å². The van der Waals surface area contributed by atoms with E-state index in [9.17, 15) is 14.7 Å². The number of methoxy groups -OCH3 is 2. The van der Waals surface area contributed by atoms with Crippen molar-refractivity contribution in [3.05, 3.63) is 30.0 Å². The number of nitrogens with one attached hydrogen (secondary N) is 1. The van der Waals surface area contributed by atoms with Crippen molar-refractivity contribution < 1.29 is 24.2 Å². The molecule has 0 saturated heterocycles. The first kappa shape index (κ1) is 25.6. The fraction of sp³-hybridized carbons (Fsp3) is 0.577. The van der Waals surface area contributed by atoms with Gasteiger partial charge in [-0.2, -0.15) is 5.10 Å². The van der Waals surface area contributed by atoms with Gasteiger partial charge in [0.1, 0.15) is 17.5 Å². The average molecular weight is 472 g/mol. The number of amides is 1. The second-order valence-corrected chi connectivity index (χ2v) is 9.25. The molecule has 8 nitrogen and oxygen atoms in total. The molecule has 3 rings (SSSR count). The standard InChI is InChI=1S/C26H37N3O5/c1-5-17(2)16-29-21(24-22(33-3)12-9-13-23(24)34-4)15-19(28-29)25(30)27-20(26(31)32)14-18-10-7-6-8-11-18/h9,12-13,15,17-18,20H,5-8,10-11,14,16H2,1-4H3,(H,27,30)(H,31,32)/t17?,20-/m0/s1. The van der Waals surface area contributed by atoms with Crippen molar-refractivity contribution in [2.24, 2.45) is 11.8 Å². The third kappa shape index (κ3) is 6.10. The van der Waals surface area contributed by atoms with Crippen LogP contribution in [-0.4, -0.2) is 47.0 Å². The largest absolute Gasteiger partial charge is 0.496 e. The number of carboxylic acid groups (broad SMARTS) is 1. The molecule has 1 fully saturated rings. The number of carbonyl (C=O) groups is 2. The van der Waals surface area contributed by atoms with Crippen molar-refractivity contribution in [3.8, 4) is 22.8 Å². The Labute approximate surface area is 201 Å². The summed E-state index contributed by atoms with van der Waals surface area (Å²) in [6.45, 7) is 4.83. The van der Waals surface area contributed by atoms with Gasteiger partial charge in [0, 0.05) is 6.54 Å². The second kappa shape index (κ2) is 11.9. The van der Waals surface area contributed by atoms with Gasteiger partial charge in [0.05, 0.1) is 25.5 Å². The van der Waals surface area contributed by atoms with Crippen LogP contribution in [0.1, 0.15) is 69.3 Å². The molecule has 1 aromatic heterocycles. The Balaban J connectivity index is 1.93. The number of hydrogen-bond donors (Lipinski definition) is 2. The predicted octanol–water partition coefficient (Wildman–Crippen LogP) is 4.77. The van der Waals surface area contributed by atoms with Gasteiger partial charge in [0.25, 0.3) is 5.91 Å². The summed E-state index contributed by atoms with van der Waals surface area (Å²) >= 11 is 0. The molecule has 0 aliphatic heterocycles. The Morgan fingerprint density at radius 1 is 1.18 bits per heavy atom. The number of ether oxygens (including phenoxy) is 2. The highest BCUT2D eigenvalue weighted by atomic mass is 16.5. The predicted molar refractivity (Wildman–Crippen MR) is 130 cm³/mol. The second-order valence-electron chi connectivity index (χ2n) is 9.25. The molecule has 1 aromatic carbocycles. The highest BCUT2D eigenvalue weighted by molar-refractivity contribution is 5.96. The summed E-state index contributed by atoms with van der Waals surface area (Å²) in [4.78, 5) is 25.1. The maximum atomic E-state index is 13.1. The van der Waals surface area contributed by atoms with E-state index in [-0.39, 0.29) is 5.69 Å². The van der Waals surface area contributed by atoms with Gasteiger partial charge in [-0.3, -0.25) is 9.48 Å². The number of rotatable bonds is 11. The minimum Gasteiger partial charge on any atom is -0.496 e. The molecule has 186 valence electrons. The van der Waals surface area contributed by atoms with Gasteiger partial charge in [0.15, 0.2) is 5.69 Å². The molecule has 2 aromatic rings. The van der Waals surface area contributed by atoms with E-state index in [1.165, 1.54) is 6.42 Å². The number of benzene rings is 1. The number of carboxylic acids is 1. The van der Waals surface area contributed by atoms with Crippen LogP contribution in [0, 0.1) is 11.8 Å². The van der Waals surface area contributed by atoms with Crippen LogP contribution in [0.15, 0.2) is 24.3 Å². The van der Waals surface area contributed by atoms with Crippen molar-refractivity contribution in [1.82, 2.24) is 15.1 Å². The third-order valence-corrected chi connectivity index (χ3v) is 6.78. The summed E-state index contributed by atoms with van der Waals surface area (Å²) in [5.74, 6) is 0.375. The molecular formula is C26H37N3O5. The molecular weight excluding hydrogens is 434 g/mol. The number of nitrogens with zero attached hydrogens (tertiary/aromatic N) is 2. The molecule has 0 spiro atoms. The first-order valence-electron chi connectivity index (χ1n) is 12.2. The topological polar surface area (TPSA) is 103 Å². The van der Waals surface area contributed by atoms with E-state index >= 15 is 0 Å². The van der Waals surface area contributed by atoms with Crippen molar-refractivity contribution >= 4 is 11.9 Å². The van der Waals surface area contributed by atoms with Crippen LogP contribution < -0.4 is 14.8 Å². The van der Waals surface area contributed by atoms with Crippen molar-refractivity contribution in [2.75, 3.05) is 14.2 Å². The van der Waals surface area contributed by atoms with E-state index in [1.54, 1.807) is 25.0 Å². The number of aromatic nitrogens is 2. The quantitative estimate of drug-likeness (QED) is 0.490. The summed E-state index contributed by atoms with van der Waals surface area (Å²) in [6.07, 6.45) is 6.86. The number of aliphatic carboxylic acids is 1. The lowest BCUT2D eigenvalue weighted by Gasteiger charge is -2.24. The molecule has 1 unspecified atom stereocenters. The van der Waals surface area contributed by atoms with Gasteiger partial charge in [-0.15, -0.1) is 0 Å². The van der Waals surface area contributed by atoms with Gasteiger partial charge in [-0.25, -0.2) is 4.79 Å². The van der Waals surface area contributed by atoms with Crippen LogP contribution in [-0.2, 0) is 11.3 Å². The van der Waals surface area contributed by atoms with Crippen LogP contribution in [0.5, 0.6) is 11.5 Å². The Morgan fingerprint density at radius 3 is 2.38 bits per heavy atom. The summed E-state index contributed by atoms with van der Waals surface area (Å²) in [7, 11) is 3.17. The van der Waals surface area contributed by atoms with Crippen molar-refractivity contribution in [1.29, 1.82) is 0 Å². The summed E-state index contributed by atoms with van der Waals surface area (Å²) in [5, 5.41) is 17.1. The molecule has 1 amide bonds. The number of hydrogen-bond acceptors (Lipinski definition) is 5. The number of carbonyl (C=O) groups excluding carboxylic acids is 1. The smallest absolute Gasteiger partial charge is 0.326 e. The molecule has 1 saturated carbocycles. The lowest BCUT2D eigenvalue weighted by molar-refractivity contribution is -0.139. The van der Waals surface area contributed by atoms with Gasteiger partial charge in [0.2, 0.25) is 0 Å². The molecule has 1 heterocycles. The van der Waals surface area contributed by atoms with Crippen LogP contribution in [0.3, 0.4) is 0 Å².